The second kappa shape index (κ2) is 10.8. The number of nitrogens with one attached hydrogen (secondary N) is 2. The Labute approximate surface area is 133 Å². The van der Waals surface area contributed by atoms with E-state index in [1.165, 1.54) is 19.1 Å². The molecule has 2 atom stereocenters. The molecule has 128 valence electrons. The fourth-order valence-corrected chi connectivity index (χ4v) is 1.19. The van der Waals surface area contributed by atoms with Gasteiger partial charge < -0.3 is 24.8 Å². The van der Waals surface area contributed by atoms with Crippen molar-refractivity contribution in [2.24, 2.45) is 0 Å². The van der Waals surface area contributed by atoms with E-state index < -0.39 is 36.2 Å². The van der Waals surface area contributed by atoms with E-state index in [1.54, 1.807) is 0 Å². The molecule has 0 spiro atoms. The molecule has 0 aliphatic rings. The SMILES string of the molecule is C=CCOC(=O)N[C@@H](C)C(=O)NC(OC(C)=O)C(=O)OCC=C. The Hall–Kier alpha value is -2.84. The second-order valence-electron chi connectivity index (χ2n) is 4.17. The molecule has 0 aliphatic carbocycles. The number of esters is 2. The maximum Gasteiger partial charge on any atom is 0.408 e. The Morgan fingerprint density at radius 3 is 2.13 bits per heavy atom. The Morgan fingerprint density at radius 2 is 1.61 bits per heavy atom. The first kappa shape index (κ1) is 20.2. The molecule has 0 aromatic rings. The molecule has 0 fully saturated rings. The van der Waals surface area contributed by atoms with E-state index >= 15 is 0 Å². The fraction of sp³-hybridized carbons (Fsp3) is 0.429. The monoisotopic (exact) mass is 328 g/mol. The lowest BCUT2D eigenvalue weighted by molar-refractivity contribution is -0.169. The average molecular weight is 328 g/mol. The van der Waals surface area contributed by atoms with E-state index in [9.17, 15) is 19.2 Å². The zero-order valence-corrected chi connectivity index (χ0v) is 13.0. The van der Waals surface area contributed by atoms with Gasteiger partial charge in [-0.05, 0) is 6.92 Å². The van der Waals surface area contributed by atoms with Gasteiger partial charge in [0.05, 0.1) is 0 Å². The highest BCUT2D eigenvalue weighted by atomic mass is 16.6. The summed E-state index contributed by atoms with van der Waals surface area (Å²) in [7, 11) is 0. The number of carbonyl (C=O) groups excluding carboxylic acids is 4. The predicted octanol–water partition coefficient (Wildman–Crippen LogP) is 0.0217. The Balaban J connectivity index is 4.64. The molecular weight excluding hydrogens is 308 g/mol. The molecular formula is C14H20N2O7. The summed E-state index contributed by atoms with van der Waals surface area (Å²) in [5.74, 6) is -2.55. The summed E-state index contributed by atoms with van der Waals surface area (Å²) in [6.07, 6.45) is 0.195. The molecule has 0 saturated carbocycles. The zero-order chi connectivity index (χ0) is 17.8. The van der Waals surface area contributed by atoms with E-state index in [0.717, 1.165) is 6.92 Å². The van der Waals surface area contributed by atoms with Crippen molar-refractivity contribution < 1.29 is 33.4 Å². The summed E-state index contributed by atoms with van der Waals surface area (Å²) in [6, 6.07) is -1.04. The van der Waals surface area contributed by atoms with E-state index in [4.69, 9.17) is 4.74 Å². The molecule has 0 rings (SSSR count). The van der Waals surface area contributed by atoms with Crippen LogP contribution in [0.4, 0.5) is 4.79 Å². The minimum atomic E-state index is -1.63. The van der Waals surface area contributed by atoms with Crippen LogP contribution >= 0.6 is 0 Å². The first-order valence-corrected chi connectivity index (χ1v) is 6.61. The second-order valence-corrected chi connectivity index (χ2v) is 4.17. The van der Waals surface area contributed by atoms with E-state index in [-0.39, 0.29) is 13.2 Å². The lowest BCUT2D eigenvalue weighted by Crippen LogP contribution is -2.52. The zero-order valence-electron chi connectivity index (χ0n) is 13.0. The van der Waals surface area contributed by atoms with Crippen molar-refractivity contribution >= 4 is 23.9 Å². The molecule has 0 aromatic carbocycles. The minimum absolute atomic E-state index is 0.0237. The summed E-state index contributed by atoms with van der Waals surface area (Å²) in [5, 5.41) is 4.36. The van der Waals surface area contributed by atoms with Crippen molar-refractivity contribution in [3.05, 3.63) is 25.3 Å². The van der Waals surface area contributed by atoms with Crippen LogP contribution in [0.1, 0.15) is 13.8 Å². The minimum Gasteiger partial charge on any atom is -0.457 e. The largest absolute Gasteiger partial charge is 0.457 e. The maximum atomic E-state index is 11.9. The third-order valence-corrected chi connectivity index (χ3v) is 2.17. The van der Waals surface area contributed by atoms with Crippen LogP contribution in [0, 0.1) is 0 Å². The van der Waals surface area contributed by atoms with Crippen molar-refractivity contribution in [3.63, 3.8) is 0 Å². The molecule has 0 aromatic heterocycles. The van der Waals surface area contributed by atoms with Crippen molar-refractivity contribution in [1.29, 1.82) is 0 Å². The normalized spacial score (nSPS) is 12.1. The van der Waals surface area contributed by atoms with Gasteiger partial charge >= 0.3 is 18.0 Å². The van der Waals surface area contributed by atoms with Gasteiger partial charge in [-0.2, -0.15) is 0 Å². The number of amides is 2. The van der Waals surface area contributed by atoms with Crippen molar-refractivity contribution in [2.75, 3.05) is 13.2 Å². The van der Waals surface area contributed by atoms with Crippen LogP contribution in [0.2, 0.25) is 0 Å². The molecule has 0 bridgehead atoms. The van der Waals surface area contributed by atoms with Crippen LogP contribution in [0.25, 0.3) is 0 Å². The number of carbonyl (C=O) groups is 4. The van der Waals surface area contributed by atoms with Gasteiger partial charge in [0, 0.05) is 6.92 Å². The first-order chi connectivity index (χ1) is 10.8. The molecule has 23 heavy (non-hydrogen) atoms. The van der Waals surface area contributed by atoms with E-state index in [1.807, 2.05) is 0 Å². The highest BCUT2D eigenvalue weighted by Gasteiger charge is 2.28. The van der Waals surface area contributed by atoms with Gasteiger partial charge in [0.1, 0.15) is 19.3 Å². The van der Waals surface area contributed by atoms with Crippen LogP contribution in [-0.4, -0.2) is 49.4 Å². The maximum absolute atomic E-state index is 11.9. The van der Waals surface area contributed by atoms with Crippen LogP contribution in [-0.2, 0) is 28.6 Å². The third kappa shape index (κ3) is 8.91. The van der Waals surface area contributed by atoms with Gasteiger partial charge in [-0.25, -0.2) is 9.59 Å². The van der Waals surface area contributed by atoms with Crippen LogP contribution in [0.3, 0.4) is 0 Å². The first-order valence-electron chi connectivity index (χ1n) is 6.61. The average Bonchev–Trinajstić information content (AvgIpc) is 2.49. The van der Waals surface area contributed by atoms with E-state index in [2.05, 4.69) is 33.3 Å². The molecule has 0 aliphatic heterocycles. The number of hydrogen-bond acceptors (Lipinski definition) is 7. The molecule has 2 amide bonds. The van der Waals surface area contributed by atoms with E-state index in [0.29, 0.717) is 0 Å². The molecule has 1 unspecified atom stereocenters. The van der Waals surface area contributed by atoms with Crippen molar-refractivity contribution in [1.82, 2.24) is 10.6 Å². The molecule has 0 heterocycles. The summed E-state index contributed by atoms with van der Waals surface area (Å²) < 4.78 is 14.0. The number of hydrogen-bond donors (Lipinski definition) is 2. The van der Waals surface area contributed by atoms with Gasteiger partial charge in [0.15, 0.2) is 0 Å². The number of alkyl carbamates (subject to hydrolysis) is 1. The predicted molar refractivity (Wildman–Crippen MR) is 79.0 cm³/mol. The summed E-state index contributed by atoms with van der Waals surface area (Å²) >= 11 is 0. The summed E-state index contributed by atoms with van der Waals surface area (Å²) in [5.41, 5.74) is 0. The Morgan fingerprint density at radius 1 is 1.04 bits per heavy atom. The number of ether oxygens (including phenoxy) is 3. The third-order valence-electron chi connectivity index (χ3n) is 2.17. The van der Waals surface area contributed by atoms with Crippen LogP contribution < -0.4 is 10.6 Å². The molecule has 0 saturated heterocycles. The van der Waals surface area contributed by atoms with Gasteiger partial charge in [-0.3, -0.25) is 9.59 Å². The van der Waals surface area contributed by atoms with Crippen molar-refractivity contribution in [3.8, 4) is 0 Å². The van der Waals surface area contributed by atoms with Crippen molar-refractivity contribution in [2.45, 2.75) is 26.1 Å². The van der Waals surface area contributed by atoms with Gasteiger partial charge in [0.25, 0.3) is 6.23 Å². The molecule has 9 nitrogen and oxygen atoms in total. The molecule has 2 N–H and O–H groups in total. The molecule has 9 heteroatoms. The van der Waals surface area contributed by atoms with Crippen LogP contribution in [0.5, 0.6) is 0 Å². The smallest absolute Gasteiger partial charge is 0.408 e. The summed E-state index contributed by atoms with van der Waals surface area (Å²) in [4.78, 5) is 45.9. The topological polar surface area (TPSA) is 120 Å². The van der Waals surface area contributed by atoms with Crippen LogP contribution in [0.15, 0.2) is 25.3 Å². The number of rotatable bonds is 9. The van der Waals surface area contributed by atoms with Gasteiger partial charge in [0.2, 0.25) is 5.91 Å². The fourth-order valence-electron chi connectivity index (χ4n) is 1.19. The van der Waals surface area contributed by atoms with Gasteiger partial charge in [-0.15, -0.1) is 0 Å². The highest BCUT2D eigenvalue weighted by molar-refractivity contribution is 5.89. The van der Waals surface area contributed by atoms with Gasteiger partial charge in [-0.1, -0.05) is 25.3 Å². The lowest BCUT2D eigenvalue weighted by atomic mass is 10.3. The summed E-state index contributed by atoms with van der Waals surface area (Å²) in [6.45, 7) is 9.00. The lowest BCUT2D eigenvalue weighted by Gasteiger charge is -2.19. The molecule has 0 radical (unpaired) electrons. The quantitative estimate of drug-likeness (QED) is 0.265. The Kier molecular flexibility index (Phi) is 9.49. The standard InChI is InChI=1S/C14H20N2O7/c1-5-7-21-13(19)12(23-10(4)17)16-11(18)9(3)15-14(20)22-8-6-2/h5-6,9,12H,1-2,7-8H2,3-4H3,(H,15,20)(H,16,18)/t9-,12?/m0/s1. The highest BCUT2D eigenvalue weighted by Crippen LogP contribution is 1.96. The Bertz CT molecular complexity index is 476.